The van der Waals surface area contributed by atoms with Crippen LogP contribution in [0.4, 0.5) is 0 Å². The molecule has 1 amide bonds. The van der Waals surface area contributed by atoms with E-state index in [0.717, 1.165) is 25.0 Å². The molecular formula is C17H20N4O2. The summed E-state index contributed by atoms with van der Waals surface area (Å²) in [5.41, 5.74) is 3.62. The number of amides is 1. The number of nitrogens with one attached hydrogen (secondary N) is 1. The molecule has 1 heterocycles. The van der Waals surface area contributed by atoms with Crippen molar-refractivity contribution >= 4 is 22.4 Å². The summed E-state index contributed by atoms with van der Waals surface area (Å²) < 4.78 is 1.19. The van der Waals surface area contributed by atoms with Gasteiger partial charge in [-0.15, -0.1) is 0 Å². The maximum Gasteiger partial charge on any atom is 0.292 e. The monoisotopic (exact) mass is 312 g/mol. The molecule has 120 valence electrons. The molecule has 0 saturated heterocycles. The minimum Gasteiger partial charge on any atom is -0.267 e. The van der Waals surface area contributed by atoms with E-state index in [2.05, 4.69) is 22.5 Å². The number of carbonyl (C=O) groups excluding carboxylic acids is 1. The summed E-state index contributed by atoms with van der Waals surface area (Å²) in [6, 6.07) is 6.99. The van der Waals surface area contributed by atoms with Crippen LogP contribution in [0.25, 0.3) is 10.8 Å². The zero-order valence-electron chi connectivity index (χ0n) is 13.4. The van der Waals surface area contributed by atoms with Crippen LogP contribution in [0.15, 0.2) is 34.2 Å². The normalized spacial score (nSPS) is 19.9. The molecule has 1 aliphatic carbocycles. The van der Waals surface area contributed by atoms with Crippen LogP contribution in [0.2, 0.25) is 0 Å². The Morgan fingerprint density at radius 1 is 1.35 bits per heavy atom. The lowest BCUT2D eigenvalue weighted by Crippen LogP contribution is -2.28. The Labute approximate surface area is 134 Å². The van der Waals surface area contributed by atoms with Crippen LogP contribution in [0.1, 0.15) is 43.1 Å². The van der Waals surface area contributed by atoms with Crippen molar-refractivity contribution in [3.05, 3.63) is 40.3 Å². The van der Waals surface area contributed by atoms with Crippen molar-refractivity contribution in [2.75, 3.05) is 0 Å². The largest absolute Gasteiger partial charge is 0.292 e. The molecule has 6 heteroatoms. The third-order valence-corrected chi connectivity index (χ3v) is 4.23. The number of aromatic nitrogens is 2. The first-order chi connectivity index (χ1) is 11.1. The molecule has 3 rings (SSSR count). The predicted molar refractivity (Wildman–Crippen MR) is 89.5 cm³/mol. The highest BCUT2D eigenvalue weighted by Crippen LogP contribution is 2.21. The lowest BCUT2D eigenvalue weighted by molar-refractivity contribution is 0.0949. The molecule has 1 fully saturated rings. The lowest BCUT2D eigenvalue weighted by Gasteiger charge is -2.18. The molecule has 0 aliphatic heterocycles. The van der Waals surface area contributed by atoms with Gasteiger partial charge in [-0.25, -0.2) is 10.1 Å². The third kappa shape index (κ3) is 3.16. The van der Waals surface area contributed by atoms with Crippen molar-refractivity contribution < 1.29 is 4.79 Å². The summed E-state index contributed by atoms with van der Waals surface area (Å²) >= 11 is 0. The summed E-state index contributed by atoms with van der Waals surface area (Å²) in [7, 11) is 1.54. The molecule has 1 aliphatic rings. The zero-order valence-corrected chi connectivity index (χ0v) is 13.4. The molecular weight excluding hydrogens is 292 g/mol. The van der Waals surface area contributed by atoms with Crippen molar-refractivity contribution in [1.82, 2.24) is 15.2 Å². The second-order valence-electron chi connectivity index (χ2n) is 6.14. The van der Waals surface area contributed by atoms with Gasteiger partial charge in [-0.2, -0.15) is 10.2 Å². The Hall–Kier alpha value is -2.50. The fourth-order valence-electron chi connectivity index (χ4n) is 3.01. The highest BCUT2D eigenvalue weighted by Gasteiger charge is 2.17. The number of aryl methyl sites for hydroxylation is 1. The van der Waals surface area contributed by atoms with Gasteiger partial charge in [0, 0.05) is 18.1 Å². The molecule has 1 atom stereocenters. The van der Waals surface area contributed by atoms with Crippen LogP contribution in [0, 0.1) is 5.92 Å². The van der Waals surface area contributed by atoms with Gasteiger partial charge >= 0.3 is 0 Å². The van der Waals surface area contributed by atoms with Crippen LogP contribution in [-0.2, 0) is 7.05 Å². The summed E-state index contributed by atoms with van der Waals surface area (Å²) in [5.74, 6) is 0.221. The van der Waals surface area contributed by atoms with E-state index in [4.69, 9.17) is 0 Å². The Kier molecular flexibility index (Phi) is 4.23. The van der Waals surface area contributed by atoms with Crippen LogP contribution in [0.3, 0.4) is 0 Å². The number of benzene rings is 1. The Bertz CT molecular complexity index is 838. The number of hydrogen-bond acceptors (Lipinski definition) is 4. The van der Waals surface area contributed by atoms with Gasteiger partial charge in [-0.1, -0.05) is 25.1 Å². The van der Waals surface area contributed by atoms with Crippen LogP contribution in [-0.4, -0.2) is 21.4 Å². The smallest absolute Gasteiger partial charge is 0.267 e. The number of rotatable bonds is 2. The molecule has 0 bridgehead atoms. The van der Waals surface area contributed by atoms with E-state index in [1.54, 1.807) is 31.3 Å². The second kappa shape index (κ2) is 6.32. The zero-order chi connectivity index (χ0) is 16.4. The molecule has 6 nitrogen and oxygen atoms in total. The van der Waals surface area contributed by atoms with Gasteiger partial charge in [0.1, 0.15) is 0 Å². The van der Waals surface area contributed by atoms with E-state index >= 15 is 0 Å². The summed E-state index contributed by atoms with van der Waals surface area (Å²) in [6.45, 7) is 2.19. The fraction of sp³-hybridized carbons (Fsp3) is 0.412. The van der Waals surface area contributed by atoms with Gasteiger partial charge in [0.05, 0.1) is 5.39 Å². The molecule has 1 N–H and O–H groups in total. The third-order valence-electron chi connectivity index (χ3n) is 4.23. The van der Waals surface area contributed by atoms with E-state index in [1.807, 2.05) is 0 Å². The summed E-state index contributed by atoms with van der Waals surface area (Å²) in [4.78, 5) is 24.5. The average Bonchev–Trinajstić information content (AvgIpc) is 2.56. The highest BCUT2D eigenvalue weighted by atomic mass is 16.2. The number of nitrogens with zero attached hydrogens (tertiary/aromatic N) is 3. The molecule has 1 saturated carbocycles. The number of carbonyl (C=O) groups is 1. The number of hydrogen-bond donors (Lipinski definition) is 1. The molecule has 0 unspecified atom stereocenters. The number of fused-ring (bicyclic) bond motifs is 1. The molecule has 1 aromatic heterocycles. The van der Waals surface area contributed by atoms with E-state index in [-0.39, 0.29) is 17.2 Å². The summed E-state index contributed by atoms with van der Waals surface area (Å²) in [5, 5.41) is 9.39. The fourth-order valence-corrected chi connectivity index (χ4v) is 3.01. The number of hydrazone groups is 1. The van der Waals surface area contributed by atoms with Gasteiger partial charge in [-0.05, 0) is 37.7 Å². The molecule has 0 radical (unpaired) electrons. The van der Waals surface area contributed by atoms with Crippen LogP contribution >= 0.6 is 0 Å². The topological polar surface area (TPSA) is 76.3 Å². The second-order valence-corrected chi connectivity index (χ2v) is 6.14. The van der Waals surface area contributed by atoms with Gasteiger partial charge in [0.15, 0.2) is 5.69 Å². The first-order valence-electron chi connectivity index (χ1n) is 7.88. The van der Waals surface area contributed by atoms with Crippen molar-refractivity contribution in [2.24, 2.45) is 18.1 Å². The van der Waals surface area contributed by atoms with Crippen molar-refractivity contribution in [2.45, 2.75) is 32.6 Å². The first-order valence-corrected chi connectivity index (χ1v) is 7.88. The van der Waals surface area contributed by atoms with Gasteiger partial charge in [0.2, 0.25) is 0 Å². The van der Waals surface area contributed by atoms with Crippen molar-refractivity contribution in [3.63, 3.8) is 0 Å². The maximum absolute atomic E-state index is 12.5. The SMILES string of the molecule is C[C@H]1CCC/C(=N/NC(=O)c2nn(C)c(=O)c3ccccc23)C1. The standard InChI is InChI=1S/C17H20N4O2/c1-11-6-5-7-12(10-11)18-19-16(22)15-13-8-3-4-9-14(13)17(23)21(2)20-15/h3-4,8-9,11H,5-7,10H2,1-2H3,(H,19,22)/b18-12-/t11-/m0/s1. The van der Waals surface area contributed by atoms with E-state index in [1.165, 1.54) is 11.1 Å². The summed E-state index contributed by atoms with van der Waals surface area (Å²) in [6.07, 6.45) is 4.16. The minimum atomic E-state index is -0.387. The van der Waals surface area contributed by atoms with Crippen molar-refractivity contribution in [3.8, 4) is 0 Å². The highest BCUT2D eigenvalue weighted by molar-refractivity contribution is 6.05. The van der Waals surface area contributed by atoms with E-state index in [9.17, 15) is 9.59 Å². The lowest BCUT2D eigenvalue weighted by atomic mass is 9.89. The van der Waals surface area contributed by atoms with Crippen molar-refractivity contribution in [1.29, 1.82) is 0 Å². The molecule has 0 spiro atoms. The maximum atomic E-state index is 12.5. The van der Waals surface area contributed by atoms with E-state index < -0.39 is 0 Å². The molecule has 2 aromatic rings. The molecule has 1 aromatic carbocycles. The Morgan fingerprint density at radius 2 is 2.09 bits per heavy atom. The van der Waals surface area contributed by atoms with Gasteiger partial charge in [-0.3, -0.25) is 9.59 Å². The minimum absolute atomic E-state index is 0.218. The first kappa shape index (κ1) is 15.4. The van der Waals surface area contributed by atoms with Gasteiger partial charge in [0.25, 0.3) is 11.5 Å². The molecule has 23 heavy (non-hydrogen) atoms. The van der Waals surface area contributed by atoms with Crippen LogP contribution in [0.5, 0.6) is 0 Å². The average molecular weight is 312 g/mol. The van der Waals surface area contributed by atoms with Gasteiger partial charge < -0.3 is 0 Å². The van der Waals surface area contributed by atoms with Crippen LogP contribution < -0.4 is 11.0 Å². The quantitative estimate of drug-likeness (QED) is 0.864. The Balaban J connectivity index is 1.91. The Morgan fingerprint density at radius 3 is 2.83 bits per heavy atom. The van der Waals surface area contributed by atoms with E-state index in [0.29, 0.717) is 16.7 Å². The predicted octanol–water partition coefficient (Wildman–Crippen LogP) is 2.23.